The quantitative estimate of drug-likeness (QED) is 0.266. The van der Waals surface area contributed by atoms with Crippen LogP contribution in [0.5, 0.6) is 0 Å². The second-order valence-corrected chi connectivity index (χ2v) is 12.5. The molecule has 1 aromatic carbocycles. The number of hydrogen-bond acceptors (Lipinski definition) is 9. The molecular formula is C30H34O9. The standard InChI is InChI=1S/C30H34O9/c1-14-12-28-24(34)15(2)30(38-17(4)32)19(13-29(28,39-28)25(14)36-16(3)31)21(33)22(20-23(30)27(20,5)6)37-26(35)18-10-8-7-9-11-18/h7-11,13-15,20-23,25,33H,12H2,1-6H3. The van der Waals surface area contributed by atoms with E-state index in [4.69, 9.17) is 18.9 Å². The van der Waals surface area contributed by atoms with E-state index in [1.54, 1.807) is 43.3 Å². The van der Waals surface area contributed by atoms with Crippen LogP contribution in [0.3, 0.4) is 0 Å². The van der Waals surface area contributed by atoms with Crippen LogP contribution in [0, 0.1) is 29.1 Å². The number of ketones is 1. The van der Waals surface area contributed by atoms with Crippen molar-refractivity contribution in [3.63, 3.8) is 0 Å². The lowest BCUT2D eigenvalue weighted by Gasteiger charge is -2.46. The van der Waals surface area contributed by atoms with Crippen molar-refractivity contribution in [2.45, 2.75) is 83.1 Å². The third-order valence-corrected chi connectivity index (χ3v) is 9.95. The van der Waals surface area contributed by atoms with Gasteiger partial charge in [-0.15, -0.1) is 0 Å². The molecule has 0 spiro atoms. The molecule has 4 fully saturated rings. The molecule has 39 heavy (non-hydrogen) atoms. The maximum absolute atomic E-state index is 14.3. The molecule has 10 unspecified atom stereocenters. The van der Waals surface area contributed by atoms with Gasteiger partial charge in [0.2, 0.25) is 0 Å². The Labute approximate surface area is 226 Å². The Balaban J connectivity index is 1.51. The van der Waals surface area contributed by atoms with Gasteiger partial charge in [0, 0.05) is 31.3 Å². The van der Waals surface area contributed by atoms with Crippen molar-refractivity contribution in [3.8, 4) is 0 Å². The molecule has 9 nitrogen and oxygen atoms in total. The average Bonchev–Trinajstić information content (AvgIpc) is 3.67. The van der Waals surface area contributed by atoms with Gasteiger partial charge in [-0.25, -0.2) is 4.79 Å². The third-order valence-electron chi connectivity index (χ3n) is 9.95. The van der Waals surface area contributed by atoms with Crippen LogP contribution in [0.2, 0.25) is 0 Å². The van der Waals surface area contributed by atoms with Crippen LogP contribution in [-0.2, 0) is 33.3 Å². The van der Waals surface area contributed by atoms with E-state index in [1.165, 1.54) is 13.8 Å². The lowest BCUT2D eigenvalue weighted by Crippen LogP contribution is -2.58. The van der Waals surface area contributed by atoms with E-state index in [0.29, 0.717) is 12.0 Å². The molecule has 1 N–H and O–H groups in total. The van der Waals surface area contributed by atoms with Gasteiger partial charge in [-0.05, 0) is 36.0 Å². The smallest absolute Gasteiger partial charge is 0.338 e. The van der Waals surface area contributed by atoms with Crippen LogP contribution >= 0.6 is 0 Å². The number of carbonyl (C=O) groups excluding carboxylic acids is 4. The number of ether oxygens (including phenoxy) is 4. The number of carbonyl (C=O) groups is 4. The fourth-order valence-corrected chi connectivity index (χ4v) is 8.43. The lowest BCUT2D eigenvalue weighted by molar-refractivity contribution is -0.173. The number of esters is 3. The Hall–Kier alpha value is -3.04. The first-order chi connectivity index (χ1) is 18.2. The van der Waals surface area contributed by atoms with E-state index >= 15 is 0 Å². The summed E-state index contributed by atoms with van der Waals surface area (Å²) in [5.74, 6) is -3.76. The molecule has 1 saturated heterocycles. The summed E-state index contributed by atoms with van der Waals surface area (Å²) < 4.78 is 24.0. The number of hydrogen-bond donors (Lipinski definition) is 1. The number of aliphatic hydroxyl groups is 1. The molecule has 1 aliphatic heterocycles. The van der Waals surface area contributed by atoms with Crippen molar-refractivity contribution in [2.24, 2.45) is 29.1 Å². The van der Waals surface area contributed by atoms with Gasteiger partial charge < -0.3 is 24.1 Å². The molecule has 208 valence electrons. The second kappa shape index (κ2) is 8.01. The fourth-order valence-electron chi connectivity index (χ4n) is 8.43. The molecule has 0 aromatic heterocycles. The second-order valence-electron chi connectivity index (χ2n) is 12.5. The zero-order chi connectivity index (χ0) is 28.3. The van der Waals surface area contributed by atoms with Crippen LogP contribution < -0.4 is 0 Å². The predicted octanol–water partition coefficient (Wildman–Crippen LogP) is 2.79. The minimum absolute atomic E-state index is 0.186. The first-order valence-electron chi connectivity index (χ1n) is 13.5. The van der Waals surface area contributed by atoms with E-state index in [1.807, 2.05) is 20.8 Å². The average molecular weight is 539 g/mol. The van der Waals surface area contributed by atoms with Crippen molar-refractivity contribution in [1.29, 1.82) is 0 Å². The van der Waals surface area contributed by atoms with Gasteiger partial charge in [-0.1, -0.05) is 45.9 Å². The molecule has 4 aliphatic carbocycles. The number of fused-ring (bicyclic) bond motifs is 3. The zero-order valence-electron chi connectivity index (χ0n) is 22.9. The molecule has 0 radical (unpaired) electrons. The van der Waals surface area contributed by atoms with E-state index in [0.717, 1.165) is 0 Å². The summed E-state index contributed by atoms with van der Waals surface area (Å²) in [7, 11) is 0. The summed E-state index contributed by atoms with van der Waals surface area (Å²) >= 11 is 0. The van der Waals surface area contributed by atoms with Gasteiger partial charge >= 0.3 is 17.9 Å². The Kier molecular flexibility index (Phi) is 5.38. The molecular weight excluding hydrogens is 504 g/mol. The normalized spacial score (nSPS) is 44.3. The van der Waals surface area contributed by atoms with Gasteiger partial charge in [-0.2, -0.15) is 0 Å². The summed E-state index contributed by atoms with van der Waals surface area (Å²) in [6.45, 7) is 10.1. The van der Waals surface area contributed by atoms with Crippen molar-refractivity contribution in [2.75, 3.05) is 0 Å². The minimum Gasteiger partial charge on any atom is -0.459 e. The summed E-state index contributed by atoms with van der Waals surface area (Å²) in [4.78, 5) is 52.1. The Morgan fingerprint density at radius 2 is 1.69 bits per heavy atom. The highest BCUT2D eigenvalue weighted by Gasteiger charge is 2.88. The Morgan fingerprint density at radius 3 is 2.31 bits per heavy atom. The largest absolute Gasteiger partial charge is 0.459 e. The molecule has 10 atom stereocenters. The molecule has 5 aliphatic rings. The minimum atomic E-state index is -1.47. The van der Waals surface area contributed by atoms with E-state index in [9.17, 15) is 24.3 Å². The Morgan fingerprint density at radius 1 is 1.03 bits per heavy atom. The van der Waals surface area contributed by atoms with E-state index in [-0.39, 0.29) is 23.2 Å². The SMILES string of the molecule is CC(=O)OC1C(C)CC23OC12C=C1C(O)C(OC(=O)c2ccccc2)C2C(C2(C)C)C1(OC(C)=O)C(C)C3=O. The highest BCUT2D eigenvalue weighted by atomic mass is 16.7. The topological polar surface area (TPSA) is 129 Å². The Bertz CT molecular complexity index is 1320. The van der Waals surface area contributed by atoms with Crippen molar-refractivity contribution < 1.29 is 43.2 Å². The first-order valence-corrected chi connectivity index (χ1v) is 13.5. The van der Waals surface area contributed by atoms with Crippen LogP contribution in [0.1, 0.15) is 58.3 Å². The van der Waals surface area contributed by atoms with Gasteiger partial charge in [0.05, 0.1) is 11.5 Å². The molecule has 0 bridgehead atoms. The van der Waals surface area contributed by atoms with Crippen LogP contribution in [0.4, 0.5) is 0 Å². The number of benzene rings is 1. The maximum atomic E-state index is 14.3. The zero-order valence-corrected chi connectivity index (χ0v) is 22.9. The number of rotatable bonds is 4. The summed E-state index contributed by atoms with van der Waals surface area (Å²) in [5, 5.41) is 12.0. The molecule has 9 heteroatoms. The molecule has 6 rings (SSSR count). The van der Waals surface area contributed by atoms with E-state index in [2.05, 4.69) is 0 Å². The molecule has 1 heterocycles. The maximum Gasteiger partial charge on any atom is 0.338 e. The monoisotopic (exact) mass is 538 g/mol. The number of Topliss-reactive ketones (excluding diaryl/α,β-unsaturated/α-hetero) is 1. The van der Waals surface area contributed by atoms with Gasteiger partial charge in [-0.3, -0.25) is 14.4 Å². The summed E-state index contributed by atoms with van der Waals surface area (Å²) in [6, 6.07) is 8.51. The lowest BCUT2D eigenvalue weighted by atomic mass is 9.67. The van der Waals surface area contributed by atoms with Crippen molar-refractivity contribution >= 4 is 23.7 Å². The number of epoxide rings is 1. The van der Waals surface area contributed by atoms with Gasteiger partial charge in [0.1, 0.15) is 23.9 Å². The van der Waals surface area contributed by atoms with Crippen LogP contribution in [0.15, 0.2) is 42.0 Å². The van der Waals surface area contributed by atoms with Crippen molar-refractivity contribution in [1.82, 2.24) is 0 Å². The highest BCUT2D eigenvalue weighted by molar-refractivity contribution is 5.98. The first kappa shape index (κ1) is 26.2. The summed E-state index contributed by atoms with van der Waals surface area (Å²) in [6.07, 6.45) is -1.13. The molecule has 3 saturated carbocycles. The van der Waals surface area contributed by atoms with Crippen molar-refractivity contribution in [3.05, 3.63) is 47.5 Å². The van der Waals surface area contributed by atoms with Gasteiger partial charge in [0.25, 0.3) is 0 Å². The van der Waals surface area contributed by atoms with Crippen LogP contribution in [-0.4, -0.2) is 63.9 Å². The fraction of sp³-hybridized carbons (Fsp3) is 0.600. The van der Waals surface area contributed by atoms with Crippen LogP contribution in [0.25, 0.3) is 0 Å². The number of aliphatic hydroxyl groups excluding tert-OH is 1. The van der Waals surface area contributed by atoms with E-state index < -0.39 is 70.3 Å². The summed E-state index contributed by atoms with van der Waals surface area (Å²) in [5.41, 5.74) is -3.95. The molecule has 0 amide bonds. The third kappa shape index (κ3) is 3.20. The highest BCUT2D eigenvalue weighted by Crippen LogP contribution is 2.76. The predicted molar refractivity (Wildman–Crippen MR) is 135 cm³/mol. The molecule has 1 aromatic rings. The van der Waals surface area contributed by atoms with Gasteiger partial charge in [0.15, 0.2) is 17.0 Å².